The molecule has 9 rings (SSSR count). The van der Waals surface area contributed by atoms with Crippen LogP contribution < -0.4 is 10.1 Å². The number of thioether (sulfide) groups is 1. The lowest BCUT2D eigenvalue weighted by Gasteiger charge is -2.44. The minimum absolute atomic E-state index is 0.00354. The molecule has 21 nitrogen and oxygen atoms in total. The number of allylic oxidation sites excluding steroid dienone is 3. The van der Waals surface area contributed by atoms with Gasteiger partial charge in [-0.2, -0.15) is 0 Å². The molecule has 1 aliphatic carbocycles. The summed E-state index contributed by atoms with van der Waals surface area (Å²) in [5.41, 5.74) is 0.401. The number of aliphatic hydroxyl groups excluding tert-OH is 6. The maximum atomic E-state index is 13.9. The van der Waals surface area contributed by atoms with Gasteiger partial charge in [-0.1, -0.05) is 40.8 Å². The van der Waals surface area contributed by atoms with Crippen LogP contribution in [-0.4, -0.2) is 156 Å². The zero-order valence-electron chi connectivity index (χ0n) is 35.4. The summed E-state index contributed by atoms with van der Waals surface area (Å²) in [5, 5.41) is 105. The number of carboxylic acids is 1. The molecule has 5 heterocycles. The van der Waals surface area contributed by atoms with Gasteiger partial charge in [0.25, 0.3) is 5.91 Å². The summed E-state index contributed by atoms with van der Waals surface area (Å²) >= 11 is 0.964. The molecule has 0 radical (unpaired) electrons. The Kier molecular flexibility index (Phi) is 13.2. The van der Waals surface area contributed by atoms with E-state index in [1.807, 2.05) is 0 Å². The summed E-state index contributed by atoms with van der Waals surface area (Å²) in [7, 11) is 0. The van der Waals surface area contributed by atoms with Gasteiger partial charge in [0, 0.05) is 46.4 Å². The van der Waals surface area contributed by atoms with Crippen LogP contribution in [0.3, 0.4) is 0 Å². The van der Waals surface area contributed by atoms with E-state index in [0.29, 0.717) is 16.7 Å². The van der Waals surface area contributed by atoms with Gasteiger partial charge in [-0.05, 0) is 42.0 Å². The van der Waals surface area contributed by atoms with Gasteiger partial charge < -0.3 is 60.4 Å². The lowest BCUT2D eigenvalue weighted by Crippen LogP contribution is -2.57. The van der Waals surface area contributed by atoms with Crippen molar-refractivity contribution >= 4 is 29.4 Å². The number of ether oxygens (including phenoxy) is 3. The summed E-state index contributed by atoms with van der Waals surface area (Å²) < 4.78 is 34.0. The minimum atomic E-state index is -1.51. The average Bonchev–Trinajstić information content (AvgIpc) is 4.01. The molecular weight excluding hydrogens is 914 g/mol. The maximum absolute atomic E-state index is 13.9. The largest absolute Gasteiger partial charge is 0.508 e. The van der Waals surface area contributed by atoms with Crippen LogP contribution in [0.5, 0.6) is 11.5 Å². The van der Waals surface area contributed by atoms with Gasteiger partial charge in [-0.3, -0.25) is 9.59 Å². The molecule has 3 aromatic carbocycles. The van der Waals surface area contributed by atoms with Crippen LogP contribution in [0.2, 0.25) is 0 Å². The molecule has 5 aromatic rings. The molecule has 2 aromatic heterocycles. The van der Waals surface area contributed by atoms with E-state index in [2.05, 4.69) is 25.9 Å². The first-order valence-corrected chi connectivity index (χ1v) is 22.3. The van der Waals surface area contributed by atoms with Crippen LogP contribution in [0.1, 0.15) is 55.5 Å². The first-order valence-electron chi connectivity index (χ1n) is 21.3. The smallest absolute Gasteiger partial charge is 0.336 e. The molecule has 0 bridgehead atoms. The molecule has 4 aliphatic rings. The number of hydrogen-bond acceptors (Lipinski definition) is 18. The molecule has 2 fully saturated rings. The Morgan fingerprint density at radius 3 is 2.28 bits per heavy atom. The monoisotopic (exact) mass is 957 g/mol. The Hall–Kier alpha value is -6.41. The van der Waals surface area contributed by atoms with Crippen molar-refractivity contribution in [3.05, 3.63) is 131 Å². The molecule has 2 saturated heterocycles. The number of nitrogens with one attached hydrogen (secondary N) is 1. The minimum Gasteiger partial charge on any atom is -0.508 e. The van der Waals surface area contributed by atoms with Crippen LogP contribution >= 0.6 is 11.8 Å². The molecule has 356 valence electrons. The van der Waals surface area contributed by atoms with Gasteiger partial charge in [-0.25, -0.2) is 18.5 Å². The molecule has 68 heavy (non-hydrogen) atoms. The number of carbonyl (C=O) groups is 3. The van der Waals surface area contributed by atoms with Crippen molar-refractivity contribution in [2.75, 3.05) is 19.0 Å². The van der Waals surface area contributed by atoms with Gasteiger partial charge in [0.1, 0.15) is 88.6 Å². The van der Waals surface area contributed by atoms with Gasteiger partial charge in [0.2, 0.25) is 0 Å². The average molecular weight is 958 g/mol. The lowest BCUT2D eigenvalue weighted by molar-refractivity contribution is -0.199. The van der Waals surface area contributed by atoms with Crippen molar-refractivity contribution in [2.24, 2.45) is 5.92 Å². The number of aromatic hydroxyl groups is 1. The summed E-state index contributed by atoms with van der Waals surface area (Å²) in [6.45, 7) is -1.52. The van der Waals surface area contributed by atoms with E-state index in [1.54, 1.807) is 18.2 Å². The van der Waals surface area contributed by atoms with Crippen LogP contribution in [0.4, 0.5) is 4.39 Å². The van der Waals surface area contributed by atoms with Crippen molar-refractivity contribution in [1.82, 2.24) is 35.3 Å². The molecule has 0 spiro atoms. The zero-order chi connectivity index (χ0) is 48.0. The maximum Gasteiger partial charge on any atom is 0.336 e. The Labute approximate surface area is 388 Å². The number of carbonyl (C=O) groups excluding carboxylic acids is 2. The highest BCUT2D eigenvalue weighted by Gasteiger charge is 2.49. The molecule has 0 saturated carbocycles. The number of aromatic carboxylic acids is 1. The van der Waals surface area contributed by atoms with Crippen molar-refractivity contribution < 1.29 is 73.8 Å². The summed E-state index contributed by atoms with van der Waals surface area (Å²) in [6, 6.07) is 11.8. The van der Waals surface area contributed by atoms with E-state index in [0.717, 1.165) is 11.8 Å². The first kappa shape index (κ1) is 46.7. The number of fused-ring (bicyclic) bond motifs is 2. The topological polar surface area (TPSA) is 314 Å². The second-order valence-electron chi connectivity index (χ2n) is 16.6. The Morgan fingerprint density at radius 2 is 1.53 bits per heavy atom. The summed E-state index contributed by atoms with van der Waals surface area (Å²) in [6.07, 6.45) is -2.37. The molecule has 1 amide bonds. The van der Waals surface area contributed by atoms with Crippen molar-refractivity contribution in [2.45, 2.75) is 72.7 Å². The highest BCUT2D eigenvalue weighted by atomic mass is 32.2. The molecular formula is C45H44FN7O14S. The highest BCUT2D eigenvalue weighted by Crippen LogP contribution is 2.49. The lowest BCUT2D eigenvalue weighted by atomic mass is 9.74. The number of aliphatic hydroxyl groups is 6. The van der Waals surface area contributed by atoms with Crippen LogP contribution in [-0.2, 0) is 20.8 Å². The number of carboxylic acid groups (broad SMARTS) is 1. The third-order valence-corrected chi connectivity index (χ3v) is 13.6. The van der Waals surface area contributed by atoms with Crippen LogP contribution in [0, 0.1) is 11.7 Å². The third kappa shape index (κ3) is 9.02. The fourth-order valence-corrected chi connectivity index (χ4v) is 10.2. The number of aromatic nitrogens is 6. The fourth-order valence-electron chi connectivity index (χ4n) is 9.01. The molecule has 9 N–H and O–H groups in total. The van der Waals surface area contributed by atoms with E-state index in [4.69, 9.17) is 14.2 Å². The normalized spacial score (nSPS) is 28.8. The van der Waals surface area contributed by atoms with E-state index in [1.165, 1.54) is 82.4 Å². The molecule has 7 unspecified atom stereocenters. The molecule has 12 atom stereocenters. The number of halogens is 1. The zero-order valence-corrected chi connectivity index (χ0v) is 36.2. The van der Waals surface area contributed by atoms with Gasteiger partial charge in [-0.15, -0.1) is 22.0 Å². The van der Waals surface area contributed by atoms with Crippen molar-refractivity contribution in [3.63, 3.8) is 0 Å². The number of phenols is 1. The quantitative estimate of drug-likeness (QED) is 0.0781. The SMILES string of the molecule is O=C1C=CC2C(=C1)Oc1cc(O)ccc1C2c1ccc(C(=O)NCc2cn(C3C(O)[C@@H](CO)O[C@@H](CS[C@@H]4OC(CO)[C@H](O)C(n5cc(-c6cccc(F)c6)nn5)C4O)[C@@H]3O)nn2)cc1C(=O)O. The first-order chi connectivity index (χ1) is 32.7. The number of hydrogen-bond donors (Lipinski definition) is 9. The van der Waals surface area contributed by atoms with E-state index in [9.17, 15) is 59.6 Å². The number of amides is 1. The predicted molar refractivity (Wildman–Crippen MR) is 232 cm³/mol. The number of phenolic OH excluding ortho intramolecular Hbond substituents is 1. The van der Waals surface area contributed by atoms with Crippen molar-refractivity contribution in [3.8, 4) is 22.8 Å². The number of benzene rings is 3. The summed E-state index contributed by atoms with van der Waals surface area (Å²) in [4.78, 5) is 38.5. The van der Waals surface area contributed by atoms with E-state index in [-0.39, 0.29) is 57.9 Å². The predicted octanol–water partition coefficient (Wildman–Crippen LogP) is 0.609. The Bertz CT molecular complexity index is 2790. The molecule has 3 aliphatic heterocycles. The number of nitrogens with zero attached hydrogens (tertiary/aromatic N) is 6. The number of rotatable bonds is 13. The van der Waals surface area contributed by atoms with Gasteiger partial charge >= 0.3 is 5.97 Å². The van der Waals surface area contributed by atoms with Crippen LogP contribution in [0.15, 0.2) is 97.0 Å². The fraction of sp³-hybridized carbons (Fsp3) is 0.356. The highest BCUT2D eigenvalue weighted by molar-refractivity contribution is 7.99. The summed E-state index contributed by atoms with van der Waals surface area (Å²) in [5.74, 6) is -3.69. The Morgan fingerprint density at radius 1 is 0.824 bits per heavy atom. The van der Waals surface area contributed by atoms with E-state index >= 15 is 0 Å². The second-order valence-corrected chi connectivity index (χ2v) is 17.7. The van der Waals surface area contributed by atoms with Crippen molar-refractivity contribution in [1.29, 1.82) is 0 Å². The Balaban J connectivity index is 0.876. The number of ketones is 1. The standard InChI is InChI=1S/C45H44FN7O14S/c46-22-3-1-2-20(10-22)30-16-53(51-49-30)38-40(59)34(18-55)67-45(42(38)61)68-19-35-41(60)37(39(58)33(17-54)66-35)52-15-23(48-50-52)14-47-43(62)21-4-7-26(29(11-21)44(63)64)36-27-8-5-24(56)12-31(27)65-32-13-25(57)6-9-28(32)36/h1-13,15-16,27,33-42,45,54-55,57-61H,14,17-19H2,(H,47,62)(H,63,64)/t27?,33-,34?,35+,36?,37?,38?,39?,40+,41+,42?,45+/m1/s1. The van der Waals surface area contributed by atoms with Gasteiger partial charge in [0.05, 0.1) is 43.8 Å². The van der Waals surface area contributed by atoms with Crippen LogP contribution in [0.25, 0.3) is 11.3 Å². The van der Waals surface area contributed by atoms with Gasteiger partial charge in [0.15, 0.2) is 5.78 Å². The third-order valence-electron chi connectivity index (χ3n) is 12.4. The molecule has 23 heteroatoms. The van der Waals surface area contributed by atoms with E-state index < -0.39 is 103 Å². The second kappa shape index (κ2) is 19.3.